The predicted molar refractivity (Wildman–Crippen MR) is 124 cm³/mol. The molecule has 0 fully saturated rings. The molecule has 3 aromatic rings. The summed E-state index contributed by atoms with van der Waals surface area (Å²) < 4.78 is 24.0. The lowest BCUT2D eigenvalue weighted by atomic mass is 10.0. The maximum absolute atomic E-state index is 5.69. The van der Waals surface area contributed by atoms with Crippen molar-refractivity contribution in [2.45, 2.75) is 6.54 Å². The zero-order valence-electron chi connectivity index (χ0n) is 18.2. The van der Waals surface area contributed by atoms with Crippen LogP contribution in [0.5, 0.6) is 17.2 Å². The predicted octanol–water partition coefficient (Wildman–Crippen LogP) is 4.95. The summed E-state index contributed by atoms with van der Waals surface area (Å²) in [5, 5.41) is 0. The minimum absolute atomic E-state index is 0.484. The highest BCUT2D eigenvalue weighted by molar-refractivity contribution is 5.83. The zero-order chi connectivity index (χ0) is 22.1. The summed E-state index contributed by atoms with van der Waals surface area (Å²) in [4.78, 5) is 4.59. The topological polar surface area (TPSA) is 54.7 Å². The molecule has 0 amide bonds. The Bertz CT molecular complexity index is 1020. The molecule has 3 rings (SSSR count). The summed E-state index contributed by atoms with van der Waals surface area (Å²) in [7, 11) is 4.98. The molecule has 6 nitrogen and oxygen atoms in total. The Hall–Kier alpha value is -3.51. The number of hydrogen-bond acceptors (Lipinski definition) is 5. The minimum atomic E-state index is 0.484. The van der Waals surface area contributed by atoms with Gasteiger partial charge >= 0.3 is 0 Å². The van der Waals surface area contributed by atoms with Crippen molar-refractivity contribution < 1.29 is 18.9 Å². The summed E-state index contributed by atoms with van der Waals surface area (Å²) in [6.45, 7) is 5.43. The van der Waals surface area contributed by atoms with Crippen molar-refractivity contribution in [3.05, 3.63) is 72.6 Å². The van der Waals surface area contributed by atoms with Crippen molar-refractivity contribution in [2.24, 2.45) is 0 Å². The molecule has 1 heterocycles. The summed E-state index contributed by atoms with van der Waals surface area (Å²) in [6.07, 6.45) is 9.52. The van der Waals surface area contributed by atoms with Crippen LogP contribution in [0, 0.1) is 0 Å². The number of hydrogen-bond donors (Lipinski definition) is 0. The van der Waals surface area contributed by atoms with E-state index < -0.39 is 0 Å². The maximum Gasteiger partial charge on any atom is 0.144 e. The molecule has 0 saturated carbocycles. The van der Waals surface area contributed by atoms with Crippen molar-refractivity contribution in [3.63, 3.8) is 0 Å². The summed E-state index contributed by atoms with van der Waals surface area (Å²) in [6, 6.07) is 11.7. The fourth-order valence-corrected chi connectivity index (χ4v) is 3.18. The van der Waals surface area contributed by atoms with Crippen molar-refractivity contribution in [1.82, 2.24) is 9.55 Å². The molecular formula is C25H28N2O4. The normalized spacial score (nSPS) is 10.9. The standard InChI is InChI=1S/C25H28N2O4/c1-5-15-31-21-10-7-19(8-11-21)6-9-20-17-22(29-3)18-23(30-4)24(20)25-26-12-13-27(25)14-16-28-2/h5-13,17-18H,1,14-16H2,2-4H3. The van der Waals surface area contributed by atoms with E-state index in [-0.39, 0.29) is 0 Å². The van der Waals surface area contributed by atoms with Crippen molar-refractivity contribution in [1.29, 1.82) is 0 Å². The Kier molecular flexibility index (Phi) is 7.90. The highest BCUT2D eigenvalue weighted by Crippen LogP contribution is 2.37. The highest BCUT2D eigenvalue weighted by atomic mass is 16.5. The maximum atomic E-state index is 5.69. The first kappa shape index (κ1) is 22.2. The molecule has 0 aliphatic heterocycles. The van der Waals surface area contributed by atoms with E-state index in [4.69, 9.17) is 18.9 Å². The SMILES string of the molecule is C=CCOc1ccc(C=Cc2cc(OC)cc(OC)c2-c2nccn2CCOC)cc1. The third-order valence-corrected chi connectivity index (χ3v) is 4.74. The van der Waals surface area contributed by atoms with Crippen LogP contribution in [0.2, 0.25) is 0 Å². The Labute approximate surface area is 183 Å². The first-order valence-corrected chi connectivity index (χ1v) is 9.98. The van der Waals surface area contributed by atoms with E-state index in [0.717, 1.165) is 28.3 Å². The van der Waals surface area contributed by atoms with Gasteiger partial charge < -0.3 is 23.5 Å². The number of aromatic nitrogens is 2. The molecule has 0 spiro atoms. The van der Waals surface area contributed by atoms with Gasteiger partial charge in [-0.1, -0.05) is 36.9 Å². The lowest BCUT2D eigenvalue weighted by molar-refractivity contribution is 0.187. The first-order valence-electron chi connectivity index (χ1n) is 9.98. The van der Waals surface area contributed by atoms with Gasteiger partial charge in [0.1, 0.15) is 29.7 Å². The molecule has 0 unspecified atom stereocenters. The van der Waals surface area contributed by atoms with Gasteiger partial charge in [-0.2, -0.15) is 0 Å². The monoisotopic (exact) mass is 420 g/mol. The van der Waals surface area contributed by atoms with Crippen molar-refractivity contribution in [2.75, 3.05) is 34.5 Å². The van der Waals surface area contributed by atoms with Crippen molar-refractivity contribution in [3.8, 4) is 28.6 Å². The molecule has 0 aliphatic carbocycles. The first-order chi connectivity index (χ1) is 15.2. The van der Waals surface area contributed by atoms with Crippen LogP contribution in [0.15, 0.2) is 61.4 Å². The average Bonchev–Trinajstić information content (AvgIpc) is 3.27. The van der Waals surface area contributed by atoms with Gasteiger partial charge in [-0.3, -0.25) is 0 Å². The summed E-state index contributed by atoms with van der Waals surface area (Å²) in [5.74, 6) is 3.02. The van der Waals surface area contributed by atoms with E-state index in [2.05, 4.69) is 16.1 Å². The second kappa shape index (κ2) is 11.0. The second-order valence-corrected chi connectivity index (χ2v) is 6.73. The van der Waals surface area contributed by atoms with Gasteiger partial charge in [-0.15, -0.1) is 0 Å². The average molecular weight is 421 g/mol. The number of imidazole rings is 1. The summed E-state index contributed by atoms with van der Waals surface area (Å²) >= 11 is 0. The molecule has 162 valence electrons. The van der Waals surface area contributed by atoms with Crippen LogP contribution < -0.4 is 14.2 Å². The molecule has 0 radical (unpaired) electrons. The molecule has 0 saturated heterocycles. The Morgan fingerprint density at radius 3 is 2.48 bits per heavy atom. The quantitative estimate of drug-likeness (QED) is 0.325. The molecule has 31 heavy (non-hydrogen) atoms. The largest absolute Gasteiger partial charge is 0.497 e. The molecule has 0 bridgehead atoms. The van der Waals surface area contributed by atoms with E-state index in [0.29, 0.717) is 31.3 Å². The van der Waals surface area contributed by atoms with Gasteiger partial charge in [0, 0.05) is 32.1 Å². The molecule has 0 aliphatic rings. The molecule has 6 heteroatoms. The minimum Gasteiger partial charge on any atom is -0.497 e. The molecule has 0 atom stereocenters. The van der Waals surface area contributed by atoms with Crippen LogP contribution in [-0.2, 0) is 11.3 Å². The third-order valence-electron chi connectivity index (χ3n) is 4.74. The van der Waals surface area contributed by atoms with E-state index in [9.17, 15) is 0 Å². The zero-order valence-corrected chi connectivity index (χ0v) is 18.2. The number of nitrogens with zero attached hydrogens (tertiary/aromatic N) is 2. The lowest BCUT2D eigenvalue weighted by Crippen LogP contribution is -2.06. The van der Waals surface area contributed by atoms with Gasteiger partial charge in [0.2, 0.25) is 0 Å². The molecule has 1 aromatic heterocycles. The van der Waals surface area contributed by atoms with E-state index >= 15 is 0 Å². The number of benzene rings is 2. The van der Waals surface area contributed by atoms with Crippen LogP contribution in [0.3, 0.4) is 0 Å². The van der Waals surface area contributed by atoms with Gasteiger partial charge in [-0.25, -0.2) is 4.98 Å². The van der Waals surface area contributed by atoms with Crippen LogP contribution in [0.4, 0.5) is 0 Å². The van der Waals surface area contributed by atoms with Gasteiger partial charge in [0.15, 0.2) is 0 Å². The summed E-state index contributed by atoms with van der Waals surface area (Å²) in [5.41, 5.74) is 2.88. The van der Waals surface area contributed by atoms with Crippen LogP contribution in [0.25, 0.3) is 23.5 Å². The number of methoxy groups -OCH3 is 3. The lowest BCUT2D eigenvalue weighted by Gasteiger charge is -2.15. The van der Waals surface area contributed by atoms with Crippen LogP contribution in [-0.4, -0.2) is 44.1 Å². The van der Waals surface area contributed by atoms with Gasteiger partial charge in [0.25, 0.3) is 0 Å². The van der Waals surface area contributed by atoms with Gasteiger partial charge in [0.05, 0.1) is 26.4 Å². The Balaban J connectivity index is 2.00. The van der Waals surface area contributed by atoms with E-state index in [1.54, 1.807) is 33.6 Å². The smallest absolute Gasteiger partial charge is 0.144 e. The second-order valence-electron chi connectivity index (χ2n) is 6.73. The van der Waals surface area contributed by atoms with Gasteiger partial charge in [-0.05, 0) is 29.3 Å². The Morgan fingerprint density at radius 2 is 1.81 bits per heavy atom. The third kappa shape index (κ3) is 5.55. The van der Waals surface area contributed by atoms with Crippen molar-refractivity contribution >= 4 is 12.2 Å². The number of ether oxygens (including phenoxy) is 4. The van der Waals surface area contributed by atoms with Crippen LogP contribution >= 0.6 is 0 Å². The molecular weight excluding hydrogens is 392 g/mol. The Morgan fingerprint density at radius 1 is 1.00 bits per heavy atom. The fraction of sp³-hybridized carbons (Fsp3) is 0.240. The van der Waals surface area contributed by atoms with Crippen LogP contribution in [0.1, 0.15) is 11.1 Å². The fourth-order valence-electron chi connectivity index (χ4n) is 3.18. The molecule has 0 N–H and O–H groups in total. The van der Waals surface area contributed by atoms with E-state index in [1.165, 1.54) is 0 Å². The van der Waals surface area contributed by atoms with E-state index in [1.807, 2.05) is 54.7 Å². The number of rotatable bonds is 11. The highest BCUT2D eigenvalue weighted by Gasteiger charge is 2.17. The molecule has 2 aromatic carbocycles.